The largest absolute Gasteiger partial charge is 0.229 e. The topological polar surface area (TPSA) is 34.1 Å². The SMILES string of the molecule is CC(CCl)CC1CCCS1(=O)=O. The number of rotatable bonds is 3. The van der Waals surface area contributed by atoms with Crippen molar-refractivity contribution in [3.63, 3.8) is 0 Å². The third kappa shape index (κ3) is 2.36. The molecule has 1 rings (SSSR count). The molecule has 1 fully saturated rings. The first-order valence-corrected chi connectivity index (χ1v) is 6.59. The third-order valence-corrected chi connectivity index (χ3v) is 5.22. The Balaban J connectivity index is 2.53. The van der Waals surface area contributed by atoms with Gasteiger partial charge >= 0.3 is 0 Å². The Morgan fingerprint density at radius 1 is 1.58 bits per heavy atom. The Morgan fingerprint density at radius 3 is 2.67 bits per heavy atom. The molecule has 1 heterocycles. The van der Waals surface area contributed by atoms with Crippen LogP contribution in [0.2, 0.25) is 0 Å². The minimum atomic E-state index is -2.75. The van der Waals surface area contributed by atoms with Crippen molar-refractivity contribution in [2.24, 2.45) is 5.92 Å². The molecular weight excluding hydrogens is 196 g/mol. The van der Waals surface area contributed by atoms with E-state index >= 15 is 0 Å². The third-order valence-electron chi connectivity index (χ3n) is 2.39. The maximum atomic E-state index is 11.4. The number of halogens is 1. The van der Waals surface area contributed by atoms with Crippen molar-refractivity contribution in [3.8, 4) is 0 Å². The molecule has 4 heteroatoms. The summed E-state index contributed by atoms with van der Waals surface area (Å²) >= 11 is 5.63. The van der Waals surface area contributed by atoms with Gasteiger partial charge < -0.3 is 0 Å². The van der Waals surface area contributed by atoms with Gasteiger partial charge in [-0.2, -0.15) is 0 Å². The second-order valence-corrected chi connectivity index (χ2v) is 6.34. The van der Waals surface area contributed by atoms with Gasteiger partial charge in [0.15, 0.2) is 9.84 Å². The lowest BCUT2D eigenvalue weighted by Crippen LogP contribution is -2.19. The standard InChI is InChI=1S/C8H15ClO2S/c1-7(6-9)5-8-3-2-4-12(8,10)11/h7-8H,2-6H2,1H3. The van der Waals surface area contributed by atoms with Crippen LogP contribution in [0.1, 0.15) is 26.2 Å². The Bertz CT molecular complexity index is 235. The second-order valence-electron chi connectivity index (χ2n) is 3.63. The van der Waals surface area contributed by atoms with Crippen LogP contribution < -0.4 is 0 Å². The second kappa shape index (κ2) is 3.97. The summed E-state index contributed by atoms with van der Waals surface area (Å²) in [7, 11) is -2.75. The van der Waals surface area contributed by atoms with Gasteiger partial charge in [-0.1, -0.05) is 6.92 Å². The Morgan fingerprint density at radius 2 is 2.25 bits per heavy atom. The lowest BCUT2D eigenvalue weighted by Gasteiger charge is -2.12. The molecule has 0 radical (unpaired) electrons. The van der Waals surface area contributed by atoms with Crippen LogP contribution in [-0.4, -0.2) is 25.3 Å². The first-order chi connectivity index (χ1) is 5.56. The molecule has 1 saturated heterocycles. The van der Waals surface area contributed by atoms with Gasteiger partial charge in [-0.3, -0.25) is 0 Å². The molecule has 2 atom stereocenters. The first kappa shape index (κ1) is 10.3. The van der Waals surface area contributed by atoms with Crippen LogP contribution in [0.3, 0.4) is 0 Å². The zero-order chi connectivity index (χ0) is 9.19. The highest BCUT2D eigenvalue weighted by molar-refractivity contribution is 7.92. The van der Waals surface area contributed by atoms with E-state index in [1.165, 1.54) is 0 Å². The Labute approximate surface area is 79.2 Å². The fraction of sp³-hybridized carbons (Fsp3) is 1.00. The van der Waals surface area contributed by atoms with Gasteiger partial charge in [-0.05, 0) is 25.2 Å². The van der Waals surface area contributed by atoms with Crippen molar-refractivity contribution in [2.75, 3.05) is 11.6 Å². The van der Waals surface area contributed by atoms with Crippen molar-refractivity contribution < 1.29 is 8.42 Å². The summed E-state index contributed by atoms with van der Waals surface area (Å²) < 4.78 is 22.7. The molecule has 2 nitrogen and oxygen atoms in total. The zero-order valence-corrected chi connectivity index (χ0v) is 8.87. The molecule has 0 N–H and O–H groups in total. The molecule has 1 aliphatic rings. The average molecular weight is 211 g/mol. The van der Waals surface area contributed by atoms with Gasteiger partial charge in [0, 0.05) is 5.88 Å². The van der Waals surface area contributed by atoms with Gasteiger partial charge in [-0.25, -0.2) is 8.42 Å². The minimum absolute atomic E-state index is 0.105. The summed E-state index contributed by atoms with van der Waals surface area (Å²) in [6.45, 7) is 2.00. The molecule has 0 amide bonds. The summed E-state index contributed by atoms with van der Waals surface area (Å²) in [6, 6.07) is 0. The van der Waals surface area contributed by atoms with E-state index in [1.807, 2.05) is 6.92 Å². The fourth-order valence-electron chi connectivity index (χ4n) is 1.63. The number of hydrogen-bond donors (Lipinski definition) is 0. The smallest absolute Gasteiger partial charge is 0.153 e. The van der Waals surface area contributed by atoms with E-state index in [-0.39, 0.29) is 5.25 Å². The highest BCUT2D eigenvalue weighted by Gasteiger charge is 2.31. The van der Waals surface area contributed by atoms with Gasteiger partial charge in [0.05, 0.1) is 11.0 Å². The van der Waals surface area contributed by atoms with Crippen molar-refractivity contribution >= 4 is 21.4 Å². The Hall–Kier alpha value is 0.240. The lowest BCUT2D eigenvalue weighted by atomic mass is 10.1. The van der Waals surface area contributed by atoms with Crippen molar-refractivity contribution in [1.82, 2.24) is 0 Å². The first-order valence-electron chi connectivity index (χ1n) is 4.34. The van der Waals surface area contributed by atoms with Crippen molar-refractivity contribution in [3.05, 3.63) is 0 Å². The van der Waals surface area contributed by atoms with Gasteiger partial charge in [-0.15, -0.1) is 11.6 Å². The average Bonchev–Trinajstić information content (AvgIpc) is 2.31. The van der Waals surface area contributed by atoms with Gasteiger partial charge in [0.1, 0.15) is 0 Å². The van der Waals surface area contributed by atoms with E-state index in [1.54, 1.807) is 0 Å². The van der Waals surface area contributed by atoms with E-state index in [0.29, 0.717) is 17.6 Å². The highest BCUT2D eigenvalue weighted by atomic mass is 35.5. The van der Waals surface area contributed by atoms with Crippen LogP contribution in [0.5, 0.6) is 0 Å². The molecule has 0 aliphatic carbocycles. The molecule has 0 spiro atoms. The normalized spacial score (nSPS) is 30.3. The van der Waals surface area contributed by atoms with E-state index in [4.69, 9.17) is 11.6 Å². The van der Waals surface area contributed by atoms with Crippen LogP contribution in [0, 0.1) is 5.92 Å². The van der Waals surface area contributed by atoms with Crippen molar-refractivity contribution in [1.29, 1.82) is 0 Å². The van der Waals surface area contributed by atoms with Gasteiger partial charge in [0.2, 0.25) is 0 Å². The van der Waals surface area contributed by atoms with Crippen LogP contribution in [0.4, 0.5) is 0 Å². The van der Waals surface area contributed by atoms with Crippen LogP contribution in [-0.2, 0) is 9.84 Å². The highest BCUT2D eigenvalue weighted by Crippen LogP contribution is 2.26. The molecular formula is C8H15ClO2S. The summed E-state index contributed by atoms with van der Waals surface area (Å²) in [5.74, 6) is 1.27. The molecule has 72 valence electrons. The van der Waals surface area contributed by atoms with Crippen LogP contribution in [0.15, 0.2) is 0 Å². The number of hydrogen-bond acceptors (Lipinski definition) is 2. The maximum absolute atomic E-state index is 11.4. The fourth-order valence-corrected chi connectivity index (χ4v) is 3.81. The summed E-state index contributed by atoms with van der Waals surface area (Å²) in [6.07, 6.45) is 2.41. The molecule has 0 aromatic carbocycles. The molecule has 2 unspecified atom stereocenters. The van der Waals surface area contributed by atoms with Crippen LogP contribution in [0.25, 0.3) is 0 Å². The summed E-state index contributed by atoms with van der Waals surface area (Å²) in [5, 5.41) is -0.105. The lowest BCUT2D eigenvalue weighted by molar-refractivity contribution is 0.532. The van der Waals surface area contributed by atoms with Gasteiger partial charge in [0.25, 0.3) is 0 Å². The summed E-state index contributed by atoms with van der Waals surface area (Å²) in [4.78, 5) is 0. The monoisotopic (exact) mass is 210 g/mol. The minimum Gasteiger partial charge on any atom is -0.229 e. The molecule has 0 aromatic heterocycles. The number of alkyl halides is 1. The Kier molecular flexibility index (Phi) is 3.41. The molecule has 0 bridgehead atoms. The molecule has 1 aliphatic heterocycles. The number of sulfone groups is 1. The van der Waals surface area contributed by atoms with E-state index < -0.39 is 9.84 Å². The predicted molar refractivity (Wildman–Crippen MR) is 51.3 cm³/mol. The quantitative estimate of drug-likeness (QED) is 0.667. The van der Waals surface area contributed by atoms with E-state index in [9.17, 15) is 8.42 Å². The molecule has 0 saturated carbocycles. The predicted octanol–water partition coefficient (Wildman–Crippen LogP) is 1.83. The van der Waals surface area contributed by atoms with E-state index in [0.717, 1.165) is 19.3 Å². The molecule has 0 aromatic rings. The molecule has 12 heavy (non-hydrogen) atoms. The maximum Gasteiger partial charge on any atom is 0.153 e. The van der Waals surface area contributed by atoms with Crippen LogP contribution >= 0.6 is 11.6 Å². The summed E-state index contributed by atoms with van der Waals surface area (Å²) in [5.41, 5.74) is 0. The van der Waals surface area contributed by atoms with E-state index in [2.05, 4.69) is 0 Å². The zero-order valence-electron chi connectivity index (χ0n) is 7.29. The van der Waals surface area contributed by atoms with Crippen molar-refractivity contribution in [2.45, 2.75) is 31.4 Å².